The van der Waals surface area contributed by atoms with Crippen molar-refractivity contribution in [2.75, 3.05) is 17.7 Å². The molecule has 5 heteroatoms. The summed E-state index contributed by atoms with van der Waals surface area (Å²) < 4.78 is 14.3. The first-order valence-electron chi connectivity index (χ1n) is 6.13. The van der Waals surface area contributed by atoms with Crippen molar-refractivity contribution in [2.45, 2.75) is 13.0 Å². The van der Waals surface area contributed by atoms with Gasteiger partial charge in [-0.3, -0.25) is 0 Å². The van der Waals surface area contributed by atoms with Crippen LogP contribution in [0.3, 0.4) is 0 Å². The minimum absolute atomic E-state index is 0.0375. The highest BCUT2D eigenvalue weighted by Gasteiger charge is 2.16. The maximum absolute atomic E-state index is 13.7. The maximum Gasteiger partial charge on any atom is 0.138 e. The van der Waals surface area contributed by atoms with Crippen LogP contribution in [0.2, 0.25) is 5.02 Å². The van der Waals surface area contributed by atoms with E-state index in [0.717, 1.165) is 5.56 Å². The number of nitrogens with zero attached hydrogens (tertiary/aromatic N) is 1. The van der Waals surface area contributed by atoms with Crippen LogP contribution >= 0.6 is 34.2 Å². The summed E-state index contributed by atoms with van der Waals surface area (Å²) in [5.41, 5.74) is 8.29. The number of halogens is 3. The third kappa shape index (κ3) is 3.17. The summed E-state index contributed by atoms with van der Waals surface area (Å²) >= 11 is 7.95. The fourth-order valence-electron chi connectivity index (χ4n) is 2.06. The Bertz CT molecular complexity index is 633. The van der Waals surface area contributed by atoms with Crippen molar-refractivity contribution in [1.82, 2.24) is 0 Å². The van der Waals surface area contributed by atoms with E-state index in [1.807, 2.05) is 65.7 Å². The fraction of sp³-hybridized carbons (Fsp3) is 0.200. The van der Waals surface area contributed by atoms with Gasteiger partial charge in [-0.1, -0.05) is 23.7 Å². The van der Waals surface area contributed by atoms with Crippen LogP contribution in [0.15, 0.2) is 36.4 Å². The van der Waals surface area contributed by atoms with Crippen molar-refractivity contribution >= 4 is 45.6 Å². The van der Waals surface area contributed by atoms with Crippen molar-refractivity contribution in [3.8, 4) is 0 Å². The summed E-state index contributed by atoms with van der Waals surface area (Å²) in [6.07, 6.45) is 0. The van der Waals surface area contributed by atoms with Gasteiger partial charge in [0.05, 0.1) is 21.0 Å². The van der Waals surface area contributed by atoms with Crippen LogP contribution < -0.4 is 10.6 Å². The van der Waals surface area contributed by atoms with Gasteiger partial charge in [-0.15, -0.1) is 0 Å². The molecule has 1 unspecified atom stereocenters. The number of nitrogens with two attached hydrogens (primary N) is 1. The molecule has 106 valence electrons. The van der Waals surface area contributed by atoms with E-state index in [9.17, 15) is 4.39 Å². The van der Waals surface area contributed by atoms with Gasteiger partial charge >= 0.3 is 0 Å². The van der Waals surface area contributed by atoms with Crippen LogP contribution in [0.5, 0.6) is 0 Å². The largest absolute Gasteiger partial charge is 0.397 e. The average molecular weight is 405 g/mol. The van der Waals surface area contributed by atoms with Gasteiger partial charge in [0.15, 0.2) is 0 Å². The molecule has 20 heavy (non-hydrogen) atoms. The van der Waals surface area contributed by atoms with E-state index < -0.39 is 0 Å². The third-order valence-corrected chi connectivity index (χ3v) is 4.42. The standard InChI is InChI=1S/C15H15ClFIN2/c1-9(10-4-3-5-11(16)6-10)20(2)15-7-12(17)13(18)8-14(15)19/h3-9H,19H2,1-2H3. The van der Waals surface area contributed by atoms with Gasteiger partial charge in [0.2, 0.25) is 0 Å². The van der Waals surface area contributed by atoms with Crippen molar-refractivity contribution in [2.24, 2.45) is 0 Å². The van der Waals surface area contributed by atoms with E-state index in [1.165, 1.54) is 6.07 Å². The molecule has 2 rings (SSSR count). The lowest BCUT2D eigenvalue weighted by Crippen LogP contribution is -2.23. The van der Waals surface area contributed by atoms with Crippen molar-refractivity contribution in [3.05, 3.63) is 56.4 Å². The second-order valence-electron chi connectivity index (χ2n) is 4.67. The number of benzene rings is 2. The Kier molecular flexibility index (Phi) is 4.75. The highest BCUT2D eigenvalue weighted by Crippen LogP contribution is 2.32. The molecule has 0 aliphatic rings. The Morgan fingerprint density at radius 2 is 2.00 bits per heavy atom. The van der Waals surface area contributed by atoms with Gasteiger partial charge in [-0.2, -0.15) is 0 Å². The Labute approximate surface area is 136 Å². The molecule has 0 spiro atoms. The molecule has 2 N–H and O–H groups in total. The van der Waals surface area contributed by atoms with Crippen molar-refractivity contribution < 1.29 is 4.39 Å². The third-order valence-electron chi connectivity index (χ3n) is 3.36. The van der Waals surface area contributed by atoms with Crippen LogP contribution in [0, 0.1) is 9.39 Å². The van der Waals surface area contributed by atoms with Crippen LogP contribution in [0.1, 0.15) is 18.5 Å². The molecule has 1 atom stereocenters. The first-order valence-corrected chi connectivity index (χ1v) is 7.58. The van der Waals surface area contributed by atoms with E-state index in [4.69, 9.17) is 17.3 Å². The molecular weight excluding hydrogens is 390 g/mol. The normalized spacial score (nSPS) is 12.2. The first-order chi connectivity index (χ1) is 9.40. The van der Waals surface area contributed by atoms with Gasteiger partial charge in [0.25, 0.3) is 0 Å². The van der Waals surface area contributed by atoms with E-state index in [2.05, 4.69) is 0 Å². The molecule has 0 radical (unpaired) electrons. The summed E-state index contributed by atoms with van der Waals surface area (Å²) in [6, 6.07) is 10.8. The summed E-state index contributed by atoms with van der Waals surface area (Å²) in [7, 11) is 1.89. The lowest BCUT2D eigenvalue weighted by Gasteiger charge is -2.29. The molecule has 0 bridgehead atoms. The Hall–Kier alpha value is -1.01. The molecule has 2 aromatic carbocycles. The molecule has 0 saturated carbocycles. The molecular formula is C15H15ClFIN2. The number of hydrogen-bond donors (Lipinski definition) is 1. The fourth-order valence-corrected chi connectivity index (χ4v) is 2.75. The molecule has 0 heterocycles. The lowest BCUT2D eigenvalue weighted by molar-refractivity contribution is 0.618. The van der Waals surface area contributed by atoms with E-state index in [0.29, 0.717) is 20.0 Å². The lowest BCUT2D eigenvalue weighted by atomic mass is 10.1. The minimum atomic E-state index is -0.264. The zero-order valence-corrected chi connectivity index (χ0v) is 14.1. The molecule has 2 nitrogen and oxygen atoms in total. The molecule has 2 aromatic rings. The van der Waals surface area contributed by atoms with Crippen molar-refractivity contribution in [3.63, 3.8) is 0 Å². The van der Waals surface area contributed by atoms with E-state index >= 15 is 0 Å². The number of nitrogen functional groups attached to an aromatic ring is 1. The van der Waals surface area contributed by atoms with Crippen LogP contribution in [-0.4, -0.2) is 7.05 Å². The highest BCUT2D eigenvalue weighted by atomic mass is 127. The second kappa shape index (κ2) is 6.18. The second-order valence-corrected chi connectivity index (χ2v) is 6.27. The molecule has 0 aromatic heterocycles. The van der Waals surface area contributed by atoms with Crippen LogP contribution in [0.4, 0.5) is 15.8 Å². The summed E-state index contributed by atoms with van der Waals surface area (Å²) in [4.78, 5) is 1.94. The predicted molar refractivity (Wildman–Crippen MR) is 91.8 cm³/mol. The summed E-state index contributed by atoms with van der Waals surface area (Å²) in [5.74, 6) is -0.264. The number of rotatable bonds is 3. The Balaban J connectivity index is 2.36. The molecule has 0 saturated heterocycles. The zero-order chi connectivity index (χ0) is 14.9. The molecule has 0 aliphatic heterocycles. The van der Waals surface area contributed by atoms with Gasteiger partial charge in [0.1, 0.15) is 5.82 Å². The maximum atomic E-state index is 13.7. The topological polar surface area (TPSA) is 29.3 Å². The minimum Gasteiger partial charge on any atom is -0.397 e. The number of anilines is 2. The highest BCUT2D eigenvalue weighted by molar-refractivity contribution is 14.1. The average Bonchev–Trinajstić information content (AvgIpc) is 2.41. The summed E-state index contributed by atoms with van der Waals surface area (Å²) in [6.45, 7) is 2.03. The SMILES string of the molecule is CC(c1cccc(Cl)c1)N(C)c1cc(F)c(I)cc1N. The predicted octanol–water partition coefficient (Wildman–Crippen LogP) is 4.86. The Morgan fingerprint density at radius 1 is 1.30 bits per heavy atom. The zero-order valence-electron chi connectivity index (χ0n) is 11.2. The van der Waals surface area contributed by atoms with Gasteiger partial charge in [-0.05, 0) is 53.3 Å². The Morgan fingerprint density at radius 3 is 2.65 bits per heavy atom. The van der Waals surface area contributed by atoms with E-state index in [1.54, 1.807) is 6.07 Å². The molecule has 0 fully saturated rings. The van der Waals surface area contributed by atoms with Gasteiger partial charge in [-0.25, -0.2) is 4.39 Å². The number of hydrogen-bond acceptors (Lipinski definition) is 2. The molecule has 0 amide bonds. The molecule has 0 aliphatic carbocycles. The van der Waals surface area contributed by atoms with Gasteiger partial charge < -0.3 is 10.6 Å². The summed E-state index contributed by atoms with van der Waals surface area (Å²) in [5, 5.41) is 0.685. The quantitative estimate of drug-likeness (QED) is 0.584. The van der Waals surface area contributed by atoms with Crippen LogP contribution in [0.25, 0.3) is 0 Å². The van der Waals surface area contributed by atoms with E-state index in [-0.39, 0.29) is 11.9 Å². The van der Waals surface area contributed by atoms with Gasteiger partial charge in [0, 0.05) is 18.1 Å². The first kappa shape index (κ1) is 15.4. The monoisotopic (exact) mass is 404 g/mol. The van der Waals surface area contributed by atoms with Crippen LogP contribution in [-0.2, 0) is 0 Å². The van der Waals surface area contributed by atoms with Crippen molar-refractivity contribution in [1.29, 1.82) is 0 Å². The smallest absolute Gasteiger partial charge is 0.138 e.